The lowest BCUT2D eigenvalue weighted by Gasteiger charge is -2.13. The van der Waals surface area contributed by atoms with E-state index in [4.69, 9.17) is 21.1 Å². The van der Waals surface area contributed by atoms with Gasteiger partial charge < -0.3 is 14.8 Å². The van der Waals surface area contributed by atoms with Gasteiger partial charge in [0.05, 0.1) is 7.11 Å². The van der Waals surface area contributed by atoms with Crippen molar-refractivity contribution < 1.29 is 14.3 Å². The second-order valence-electron chi connectivity index (χ2n) is 5.49. The number of ether oxygens (including phenoxy) is 2. The van der Waals surface area contributed by atoms with E-state index >= 15 is 0 Å². The van der Waals surface area contributed by atoms with Gasteiger partial charge in [-0.1, -0.05) is 29.8 Å². The number of nitrogens with one attached hydrogen (secondary N) is 1. The fourth-order valence-corrected chi connectivity index (χ4v) is 2.39. The zero-order chi connectivity index (χ0) is 16.2. The van der Waals surface area contributed by atoms with Crippen LogP contribution in [0.2, 0.25) is 5.02 Å². The number of hydrogen-bond donors (Lipinski definition) is 1. The van der Waals surface area contributed by atoms with Gasteiger partial charge in [0.15, 0.2) is 11.5 Å². The number of benzene rings is 2. The molecule has 2 aromatic carbocycles. The number of methoxy groups -OCH3 is 1. The molecular weight excluding hydrogens is 314 g/mol. The quantitative estimate of drug-likeness (QED) is 0.875. The summed E-state index contributed by atoms with van der Waals surface area (Å²) in [6, 6.07) is 13.0. The standard InChI is InChI=1S/C18H18ClNO3/c1-22-17-10-12(18(21)20-14-7-8-14)6-9-16(17)23-11-13-4-2-3-5-15(13)19/h2-6,9-10,14H,7-8,11H2,1H3,(H,20,21). The molecule has 23 heavy (non-hydrogen) atoms. The second kappa shape index (κ2) is 6.92. The lowest BCUT2D eigenvalue weighted by atomic mass is 10.2. The second-order valence-corrected chi connectivity index (χ2v) is 5.90. The average Bonchev–Trinajstić information content (AvgIpc) is 3.38. The minimum atomic E-state index is -0.0801. The molecule has 0 atom stereocenters. The van der Waals surface area contributed by atoms with E-state index < -0.39 is 0 Å². The van der Waals surface area contributed by atoms with Gasteiger partial charge in [0.2, 0.25) is 0 Å². The molecule has 120 valence electrons. The monoisotopic (exact) mass is 331 g/mol. The lowest BCUT2D eigenvalue weighted by molar-refractivity contribution is 0.0950. The van der Waals surface area contributed by atoms with Crippen molar-refractivity contribution in [2.75, 3.05) is 7.11 Å². The maximum atomic E-state index is 12.1. The highest BCUT2D eigenvalue weighted by atomic mass is 35.5. The maximum absolute atomic E-state index is 12.1. The van der Waals surface area contributed by atoms with E-state index in [2.05, 4.69) is 5.32 Å². The predicted octanol–water partition coefficient (Wildman–Crippen LogP) is 3.82. The van der Waals surface area contributed by atoms with Crippen molar-refractivity contribution in [1.82, 2.24) is 5.32 Å². The van der Waals surface area contributed by atoms with Crippen molar-refractivity contribution in [1.29, 1.82) is 0 Å². The van der Waals surface area contributed by atoms with E-state index in [1.165, 1.54) is 0 Å². The minimum Gasteiger partial charge on any atom is -0.493 e. The van der Waals surface area contributed by atoms with Crippen LogP contribution in [0.5, 0.6) is 11.5 Å². The summed E-state index contributed by atoms with van der Waals surface area (Å²) in [4.78, 5) is 12.1. The molecule has 1 fully saturated rings. The van der Waals surface area contributed by atoms with Crippen molar-refractivity contribution in [3.8, 4) is 11.5 Å². The molecule has 3 rings (SSSR count). The van der Waals surface area contributed by atoms with Gasteiger partial charge in [-0.3, -0.25) is 4.79 Å². The van der Waals surface area contributed by atoms with E-state index in [1.807, 2.05) is 24.3 Å². The zero-order valence-electron chi connectivity index (χ0n) is 12.8. The number of rotatable bonds is 6. The Balaban J connectivity index is 1.71. The first-order chi connectivity index (χ1) is 11.2. The Labute approximate surface area is 140 Å². The van der Waals surface area contributed by atoms with E-state index in [1.54, 1.807) is 25.3 Å². The van der Waals surface area contributed by atoms with Gasteiger partial charge in [-0.25, -0.2) is 0 Å². The van der Waals surface area contributed by atoms with E-state index in [-0.39, 0.29) is 5.91 Å². The third-order valence-electron chi connectivity index (χ3n) is 3.68. The molecule has 1 N–H and O–H groups in total. The molecular formula is C18H18ClNO3. The first-order valence-electron chi connectivity index (χ1n) is 7.52. The van der Waals surface area contributed by atoms with Crippen molar-refractivity contribution in [2.45, 2.75) is 25.5 Å². The Morgan fingerprint density at radius 3 is 2.70 bits per heavy atom. The highest BCUT2D eigenvalue weighted by molar-refractivity contribution is 6.31. The van der Waals surface area contributed by atoms with Crippen LogP contribution in [-0.2, 0) is 6.61 Å². The molecule has 0 radical (unpaired) electrons. The summed E-state index contributed by atoms with van der Waals surface area (Å²) in [6.07, 6.45) is 2.11. The average molecular weight is 332 g/mol. The van der Waals surface area contributed by atoms with Crippen LogP contribution < -0.4 is 14.8 Å². The summed E-state index contributed by atoms with van der Waals surface area (Å²) in [7, 11) is 1.56. The predicted molar refractivity (Wildman–Crippen MR) is 89.3 cm³/mol. The molecule has 0 unspecified atom stereocenters. The van der Waals surface area contributed by atoms with Gasteiger partial charge in [0.1, 0.15) is 6.61 Å². The largest absolute Gasteiger partial charge is 0.493 e. The van der Waals surface area contributed by atoms with E-state index in [0.29, 0.717) is 34.7 Å². The Bertz CT molecular complexity index is 713. The fraction of sp³-hybridized carbons (Fsp3) is 0.278. The van der Waals surface area contributed by atoms with E-state index in [9.17, 15) is 4.79 Å². The highest BCUT2D eigenvalue weighted by Gasteiger charge is 2.24. The molecule has 0 heterocycles. The molecule has 5 heteroatoms. The van der Waals surface area contributed by atoms with Gasteiger partial charge in [-0.15, -0.1) is 0 Å². The summed E-state index contributed by atoms with van der Waals surface area (Å²) in [5.74, 6) is 1.03. The van der Waals surface area contributed by atoms with Crippen LogP contribution in [0, 0.1) is 0 Å². The Morgan fingerprint density at radius 2 is 2.00 bits per heavy atom. The van der Waals surface area contributed by atoms with Crippen molar-refractivity contribution >= 4 is 17.5 Å². The third kappa shape index (κ3) is 3.96. The summed E-state index contributed by atoms with van der Waals surface area (Å²) >= 11 is 6.12. The molecule has 1 amide bonds. The molecule has 0 saturated heterocycles. The summed E-state index contributed by atoms with van der Waals surface area (Å²) in [5.41, 5.74) is 1.46. The molecule has 0 aromatic heterocycles. The third-order valence-corrected chi connectivity index (χ3v) is 4.05. The van der Waals surface area contributed by atoms with Crippen molar-refractivity contribution in [2.24, 2.45) is 0 Å². The van der Waals surface area contributed by atoms with Crippen LogP contribution in [0.3, 0.4) is 0 Å². The smallest absolute Gasteiger partial charge is 0.251 e. The van der Waals surface area contributed by atoms with Crippen molar-refractivity contribution in [3.05, 3.63) is 58.6 Å². The summed E-state index contributed by atoms with van der Waals surface area (Å²) < 4.78 is 11.1. The first kappa shape index (κ1) is 15.7. The van der Waals surface area contributed by atoms with Gasteiger partial charge >= 0.3 is 0 Å². The number of carbonyl (C=O) groups excluding carboxylic acids is 1. The lowest BCUT2D eigenvalue weighted by Crippen LogP contribution is -2.25. The summed E-state index contributed by atoms with van der Waals surface area (Å²) in [6.45, 7) is 0.337. The van der Waals surface area contributed by atoms with Crippen LogP contribution >= 0.6 is 11.6 Å². The molecule has 1 aliphatic carbocycles. The normalized spacial score (nSPS) is 13.5. The molecule has 1 aliphatic rings. The van der Waals surface area contributed by atoms with Crippen LogP contribution in [0.25, 0.3) is 0 Å². The maximum Gasteiger partial charge on any atom is 0.251 e. The minimum absolute atomic E-state index is 0.0801. The molecule has 2 aromatic rings. The van der Waals surface area contributed by atoms with E-state index in [0.717, 1.165) is 18.4 Å². The van der Waals surface area contributed by atoms with Gasteiger partial charge in [0.25, 0.3) is 5.91 Å². The Hall–Kier alpha value is -2.20. The van der Waals surface area contributed by atoms with Crippen LogP contribution in [0.4, 0.5) is 0 Å². The van der Waals surface area contributed by atoms with Crippen molar-refractivity contribution in [3.63, 3.8) is 0 Å². The van der Waals surface area contributed by atoms with Gasteiger partial charge in [0, 0.05) is 22.2 Å². The molecule has 0 bridgehead atoms. The highest BCUT2D eigenvalue weighted by Crippen LogP contribution is 2.30. The SMILES string of the molecule is COc1cc(C(=O)NC2CC2)ccc1OCc1ccccc1Cl. The number of hydrogen-bond acceptors (Lipinski definition) is 3. The Morgan fingerprint density at radius 1 is 1.22 bits per heavy atom. The Kier molecular flexibility index (Phi) is 4.72. The van der Waals surface area contributed by atoms with Crippen LogP contribution in [-0.4, -0.2) is 19.1 Å². The number of halogens is 1. The molecule has 1 saturated carbocycles. The summed E-state index contributed by atoms with van der Waals surface area (Å²) in [5, 5.41) is 3.61. The fourth-order valence-electron chi connectivity index (χ4n) is 2.20. The van der Waals surface area contributed by atoms with Crippen LogP contribution in [0.15, 0.2) is 42.5 Å². The molecule has 0 aliphatic heterocycles. The topological polar surface area (TPSA) is 47.6 Å². The van der Waals surface area contributed by atoms with Gasteiger partial charge in [-0.2, -0.15) is 0 Å². The molecule has 0 spiro atoms. The first-order valence-corrected chi connectivity index (χ1v) is 7.90. The molecule has 4 nitrogen and oxygen atoms in total. The van der Waals surface area contributed by atoms with Crippen LogP contribution in [0.1, 0.15) is 28.8 Å². The zero-order valence-corrected chi connectivity index (χ0v) is 13.6. The number of carbonyl (C=O) groups is 1. The van der Waals surface area contributed by atoms with Gasteiger partial charge in [-0.05, 0) is 37.1 Å². The number of amides is 1.